The summed E-state index contributed by atoms with van der Waals surface area (Å²) in [6.45, 7) is 9.59. The number of nitrogens with one attached hydrogen (secondary N) is 1. The summed E-state index contributed by atoms with van der Waals surface area (Å²) in [6.07, 6.45) is 5.60. The maximum atomic E-state index is 5.92. The highest BCUT2D eigenvalue weighted by atomic mass is 32.1. The molecule has 1 aliphatic rings. The number of aryl methyl sites for hydroxylation is 1. The number of nitrogens with zero attached hydrogens (tertiary/aromatic N) is 4. The number of aromatic nitrogens is 3. The highest BCUT2D eigenvalue weighted by molar-refractivity contribution is 7.80. The molecule has 0 radical (unpaired) electrons. The summed E-state index contributed by atoms with van der Waals surface area (Å²) in [4.78, 5) is 11.3. The smallest absolute Gasteiger partial charge is 0.174 e. The SMILES string of the molecule is Cc1cc([C@H]2[C@H](c3ccccn3)NC(=S)N2c2ccc(C(C)C)cc2)c(C)n1Cc1cccnc1. The van der Waals surface area contributed by atoms with Crippen molar-refractivity contribution >= 4 is 23.0 Å². The topological polar surface area (TPSA) is 46.0 Å². The molecule has 0 saturated carbocycles. The Morgan fingerprint density at radius 2 is 1.80 bits per heavy atom. The minimum Gasteiger partial charge on any atom is -0.351 e. The van der Waals surface area contributed by atoms with Crippen LogP contribution in [0.15, 0.2) is 79.3 Å². The van der Waals surface area contributed by atoms with Crippen molar-refractivity contribution in [1.29, 1.82) is 0 Å². The summed E-state index contributed by atoms with van der Waals surface area (Å²) < 4.78 is 2.36. The fourth-order valence-electron chi connectivity index (χ4n) is 5.01. The molecular formula is C29H31N5S. The standard InChI is InChI=1S/C29H31N5S/c1-19(2)23-10-12-24(13-11-23)34-28(27(32-29(34)35)26-9-5-6-15-31-26)25-16-20(3)33(21(25)4)18-22-8-7-14-30-17-22/h5-17,19,27-28H,18H2,1-4H3,(H,32,35)/t27-,28-/m0/s1. The van der Waals surface area contributed by atoms with Crippen molar-refractivity contribution in [3.05, 3.63) is 113 Å². The Balaban J connectivity index is 1.60. The molecule has 0 unspecified atom stereocenters. The van der Waals surface area contributed by atoms with Gasteiger partial charge in [0.15, 0.2) is 5.11 Å². The molecule has 1 saturated heterocycles. The lowest BCUT2D eigenvalue weighted by Crippen LogP contribution is -2.29. The van der Waals surface area contributed by atoms with Crippen molar-refractivity contribution in [2.24, 2.45) is 0 Å². The van der Waals surface area contributed by atoms with Crippen LogP contribution >= 0.6 is 12.2 Å². The van der Waals surface area contributed by atoms with Gasteiger partial charge < -0.3 is 14.8 Å². The van der Waals surface area contributed by atoms with Crippen molar-refractivity contribution in [2.45, 2.75) is 52.2 Å². The zero-order valence-corrected chi connectivity index (χ0v) is 21.5. The number of thiocarbonyl (C=S) groups is 1. The highest BCUT2D eigenvalue weighted by Crippen LogP contribution is 2.43. The second kappa shape index (κ2) is 9.62. The predicted octanol–water partition coefficient (Wildman–Crippen LogP) is 6.24. The molecule has 3 aromatic heterocycles. The summed E-state index contributed by atoms with van der Waals surface area (Å²) in [7, 11) is 0. The zero-order valence-electron chi connectivity index (χ0n) is 20.6. The first-order valence-electron chi connectivity index (χ1n) is 12.1. The number of rotatable bonds is 6. The molecule has 0 spiro atoms. The van der Waals surface area contributed by atoms with Crippen molar-refractivity contribution in [3.63, 3.8) is 0 Å². The predicted molar refractivity (Wildman–Crippen MR) is 146 cm³/mol. The van der Waals surface area contributed by atoms with E-state index in [1.807, 2.05) is 36.8 Å². The van der Waals surface area contributed by atoms with E-state index in [2.05, 4.69) is 89.9 Å². The Morgan fingerprint density at radius 3 is 2.46 bits per heavy atom. The molecule has 4 aromatic rings. The van der Waals surface area contributed by atoms with E-state index in [0.29, 0.717) is 5.92 Å². The van der Waals surface area contributed by atoms with Gasteiger partial charge in [-0.25, -0.2) is 0 Å². The summed E-state index contributed by atoms with van der Waals surface area (Å²) in [5, 5.41) is 4.31. The largest absolute Gasteiger partial charge is 0.351 e. The van der Waals surface area contributed by atoms with Crippen LogP contribution in [0, 0.1) is 13.8 Å². The summed E-state index contributed by atoms with van der Waals surface area (Å²) >= 11 is 5.92. The maximum Gasteiger partial charge on any atom is 0.174 e. The third kappa shape index (κ3) is 4.46. The third-order valence-corrected chi connectivity index (χ3v) is 7.25. The molecule has 6 heteroatoms. The van der Waals surface area contributed by atoms with E-state index in [-0.39, 0.29) is 12.1 Å². The van der Waals surface area contributed by atoms with Crippen LogP contribution in [0.5, 0.6) is 0 Å². The molecule has 5 nitrogen and oxygen atoms in total. The van der Waals surface area contributed by atoms with Crippen molar-refractivity contribution in [2.75, 3.05) is 4.90 Å². The van der Waals surface area contributed by atoms with Crippen LogP contribution in [-0.2, 0) is 6.54 Å². The van der Waals surface area contributed by atoms with Gasteiger partial charge in [-0.05, 0) is 85.1 Å². The van der Waals surface area contributed by atoms with Crippen LogP contribution in [-0.4, -0.2) is 19.6 Å². The van der Waals surface area contributed by atoms with Gasteiger partial charge in [0.2, 0.25) is 0 Å². The first kappa shape index (κ1) is 23.2. The minimum absolute atomic E-state index is 0.0175. The number of benzene rings is 1. The third-order valence-electron chi connectivity index (χ3n) is 6.93. The van der Waals surface area contributed by atoms with Gasteiger partial charge in [-0.2, -0.15) is 0 Å². The average Bonchev–Trinajstić information content (AvgIpc) is 3.36. The van der Waals surface area contributed by atoms with Crippen LogP contribution in [0.3, 0.4) is 0 Å². The molecule has 0 bridgehead atoms. The second-order valence-electron chi connectivity index (χ2n) is 9.52. The molecule has 1 aromatic carbocycles. The van der Waals surface area contributed by atoms with Crippen molar-refractivity contribution < 1.29 is 0 Å². The molecule has 4 heterocycles. The maximum absolute atomic E-state index is 5.92. The molecule has 0 amide bonds. The van der Waals surface area contributed by atoms with E-state index in [1.54, 1.807) is 0 Å². The van der Waals surface area contributed by atoms with Crippen LogP contribution in [0.25, 0.3) is 0 Å². The second-order valence-corrected chi connectivity index (χ2v) is 9.90. The lowest BCUT2D eigenvalue weighted by molar-refractivity contribution is 0.563. The lowest BCUT2D eigenvalue weighted by atomic mass is 9.96. The Hall–Kier alpha value is -3.51. The van der Waals surface area contributed by atoms with E-state index in [9.17, 15) is 0 Å². The molecule has 35 heavy (non-hydrogen) atoms. The van der Waals surface area contributed by atoms with Gasteiger partial charge in [0.25, 0.3) is 0 Å². The lowest BCUT2D eigenvalue weighted by Gasteiger charge is -2.28. The molecule has 2 atom stereocenters. The zero-order chi connectivity index (χ0) is 24.5. The van der Waals surface area contributed by atoms with Gasteiger partial charge in [0, 0.05) is 42.2 Å². The van der Waals surface area contributed by atoms with Crippen molar-refractivity contribution in [1.82, 2.24) is 19.9 Å². The quantitative estimate of drug-likeness (QED) is 0.330. The summed E-state index contributed by atoms with van der Waals surface area (Å²) in [5.41, 5.74) is 8.28. The number of anilines is 1. The Kier molecular flexibility index (Phi) is 6.39. The van der Waals surface area contributed by atoms with E-state index in [4.69, 9.17) is 17.2 Å². The number of pyridine rings is 2. The van der Waals surface area contributed by atoms with Crippen molar-refractivity contribution in [3.8, 4) is 0 Å². The number of hydrogen-bond donors (Lipinski definition) is 1. The van der Waals surface area contributed by atoms with Gasteiger partial charge in [0.1, 0.15) is 0 Å². The van der Waals surface area contributed by atoms with Gasteiger partial charge in [-0.15, -0.1) is 0 Å². The van der Waals surface area contributed by atoms with Gasteiger partial charge >= 0.3 is 0 Å². The fraction of sp³-hybridized carbons (Fsp3) is 0.276. The van der Waals surface area contributed by atoms with Gasteiger partial charge in [-0.3, -0.25) is 9.97 Å². The molecule has 1 aliphatic heterocycles. The molecular weight excluding hydrogens is 450 g/mol. The van der Waals surface area contributed by atoms with E-state index in [1.165, 1.54) is 28.1 Å². The Morgan fingerprint density at radius 1 is 1.00 bits per heavy atom. The average molecular weight is 482 g/mol. The van der Waals surface area contributed by atoms with Crippen LogP contribution < -0.4 is 10.2 Å². The minimum atomic E-state index is -0.0548. The van der Waals surface area contributed by atoms with Crippen LogP contribution in [0.2, 0.25) is 0 Å². The van der Waals surface area contributed by atoms with Gasteiger partial charge in [-0.1, -0.05) is 38.1 Å². The summed E-state index contributed by atoms with van der Waals surface area (Å²) in [6, 6.07) is 21.2. The van der Waals surface area contributed by atoms with E-state index < -0.39 is 0 Å². The Labute approximate surface area is 212 Å². The molecule has 1 N–H and O–H groups in total. The first-order valence-corrected chi connectivity index (χ1v) is 12.5. The van der Waals surface area contributed by atoms with Gasteiger partial charge in [0.05, 0.1) is 17.8 Å². The van der Waals surface area contributed by atoms with Crippen LogP contribution in [0.1, 0.15) is 65.6 Å². The molecule has 1 fully saturated rings. The molecule has 0 aliphatic carbocycles. The van der Waals surface area contributed by atoms with E-state index in [0.717, 1.165) is 23.0 Å². The fourth-order valence-corrected chi connectivity index (χ4v) is 5.36. The normalized spacial score (nSPS) is 17.7. The summed E-state index contributed by atoms with van der Waals surface area (Å²) in [5.74, 6) is 0.483. The highest BCUT2D eigenvalue weighted by Gasteiger charge is 2.42. The Bertz CT molecular complexity index is 1310. The molecule has 5 rings (SSSR count). The first-order chi connectivity index (χ1) is 16.9. The monoisotopic (exact) mass is 481 g/mol. The number of hydrogen-bond acceptors (Lipinski definition) is 3. The van der Waals surface area contributed by atoms with E-state index >= 15 is 0 Å². The molecule has 178 valence electrons. The van der Waals surface area contributed by atoms with Crippen LogP contribution in [0.4, 0.5) is 5.69 Å².